The molecule has 0 fully saturated rings. The van der Waals surface area contributed by atoms with Gasteiger partial charge < -0.3 is 9.67 Å². The first kappa shape index (κ1) is 15.5. The normalized spacial score (nSPS) is 13.3. The number of carbonyl (C=O) groups is 1. The Balaban J connectivity index is 2.40. The first-order chi connectivity index (χ1) is 9.74. The third kappa shape index (κ3) is 2.91. The predicted molar refractivity (Wildman–Crippen MR) is 72.1 cm³/mol. The van der Waals surface area contributed by atoms with E-state index >= 15 is 0 Å². The predicted octanol–water partition coefficient (Wildman–Crippen LogP) is -0.0888. The summed E-state index contributed by atoms with van der Waals surface area (Å²) in [6, 6.07) is -0.0615. The van der Waals surface area contributed by atoms with Crippen molar-refractivity contribution >= 4 is 27.6 Å². The van der Waals surface area contributed by atoms with Gasteiger partial charge in [0, 0.05) is 20.3 Å². The number of aryl methyl sites for hydroxylation is 1. The van der Waals surface area contributed by atoms with Crippen LogP contribution in [0.1, 0.15) is 11.7 Å². The Bertz CT molecular complexity index is 781. The largest absolute Gasteiger partial charge is 0.480 e. The number of aromatic nitrogens is 4. The van der Waals surface area contributed by atoms with E-state index in [0.29, 0.717) is 0 Å². The van der Waals surface area contributed by atoms with Crippen molar-refractivity contribution in [1.29, 1.82) is 0 Å². The maximum absolute atomic E-state index is 12.3. The molecule has 2 heterocycles. The fraction of sp³-hybridized carbons (Fsp3) is 0.300. The summed E-state index contributed by atoms with van der Waals surface area (Å²) in [5.41, 5.74) is 0.194. The average molecular weight is 334 g/mol. The quantitative estimate of drug-likeness (QED) is 0.789. The number of hydrogen-bond acceptors (Lipinski definition) is 5. The molecule has 0 saturated carbocycles. The van der Waals surface area contributed by atoms with Crippen LogP contribution in [-0.4, -0.2) is 38.8 Å². The molecule has 11 heteroatoms. The van der Waals surface area contributed by atoms with Crippen molar-refractivity contribution in [2.45, 2.75) is 11.1 Å². The van der Waals surface area contributed by atoms with Crippen LogP contribution >= 0.6 is 11.6 Å². The topological polar surface area (TPSA) is 119 Å². The lowest BCUT2D eigenvalue weighted by Crippen LogP contribution is -2.35. The van der Waals surface area contributed by atoms with Crippen LogP contribution in [0.5, 0.6) is 0 Å². The van der Waals surface area contributed by atoms with E-state index in [-0.39, 0.29) is 16.0 Å². The molecule has 21 heavy (non-hydrogen) atoms. The van der Waals surface area contributed by atoms with Crippen molar-refractivity contribution in [3.63, 3.8) is 0 Å². The smallest absolute Gasteiger partial charge is 0.327 e. The van der Waals surface area contributed by atoms with E-state index in [9.17, 15) is 18.3 Å². The molecule has 0 saturated heterocycles. The Morgan fingerprint density at radius 1 is 1.48 bits per heavy atom. The van der Waals surface area contributed by atoms with Crippen molar-refractivity contribution in [2.24, 2.45) is 14.1 Å². The van der Waals surface area contributed by atoms with Gasteiger partial charge in [0.15, 0.2) is 11.1 Å². The van der Waals surface area contributed by atoms with E-state index < -0.39 is 22.0 Å². The van der Waals surface area contributed by atoms with E-state index in [0.717, 1.165) is 10.8 Å². The highest BCUT2D eigenvalue weighted by molar-refractivity contribution is 7.89. The van der Waals surface area contributed by atoms with E-state index in [2.05, 4.69) is 14.8 Å². The van der Waals surface area contributed by atoms with E-state index in [1.165, 1.54) is 31.0 Å². The average Bonchev–Trinajstić information content (AvgIpc) is 2.94. The van der Waals surface area contributed by atoms with Crippen LogP contribution in [0.25, 0.3) is 0 Å². The van der Waals surface area contributed by atoms with Crippen LogP contribution in [-0.2, 0) is 28.9 Å². The van der Waals surface area contributed by atoms with E-state index in [1.807, 2.05) is 0 Å². The van der Waals surface area contributed by atoms with Crippen LogP contribution in [0, 0.1) is 0 Å². The molecule has 2 aromatic rings. The van der Waals surface area contributed by atoms with Crippen LogP contribution in [0.2, 0.25) is 5.28 Å². The van der Waals surface area contributed by atoms with Gasteiger partial charge in [-0.05, 0) is 17.7 Å². The van der Waals surface area contributed by atoms with Gasteiger partial charge in [0.05, 0.1) is 11.9 Å². The third-order valence-electron chi connectivity index (χ3n) is 2.84. The summed E-state index contributed by atoms with van der Waals surface area (Å²) in [5.74, 6) is -1.35. The number of nitrogens with one attached hydrogen (secondary N) is 1. The molecule has 1 unspecified atom stereocenters. The summed E-state index contributed by atoms with van der Waals surface area (Å²) in [6.45, 7) is 0. The second-order valence-electron chi connectivity index (χ2n) is 4.20. The number of imidazole rings is 1. The standard InChI is InChI=1S/C10H12ClN5O4S/c1-15-7(5-12-10(15)11)21(19,20)14-8(9(17)18)6-3-4-13-16(6)2/h3-5,8,14H,1-2H3,(H,17,18). The van der Waals surface area contributed by atoms with Crippen molar-refractivity contribution in [3.05, 3.63) is 29.4 Å². The fourth-order valence-corrected chi connectivity index (χ4v) is 3.22. The number of sulfonamides is 1. The molecule has 0 aliphatic rings. The summed E-state index contributed by atoms with van der Waals surface area (Å²) >= 11 is 5.69. The number of carboxylic acid groups (broad SMARTS) is 1. The van der Waals surface area contributed by atoms with Gasteiger partial charge in [-0.25, -0.2) is 13.4 Å². The molecule has 0 amide bonds. The maximum Gasteiger partial charge on any atom is 0.327 e. The molecule has 0 aliphatic carbocycles. The van der Waals surface area contributed by atoms with Crippen LogP contribution in [0.4, 0.5) is 0 Å². The Labute approximate surface area is 125 Å². The molecule has 2 aromatic heterocycles. The van der Waals surface area contributed by atoms with Gasteiger partial charge in [-0.3, -0.25) is 9.48 Å². The molecule has 9 nitrogen and oxygen atoms in total. The van der Waals surface area contributed by atoms with Gasteiger partial charge in [-0.2, -0.15) is 9.82 Å². The minimum atomic E-state index is -4.11. The summed E-state index contributed by atoms with van der Waals surface area (Å²) in [5, 5.41) is 12.8. The van der Waals surface area contributed by atoms with Gasteiger partial charge in [-0.15, -0.1) is 0 Å². The van der Waals surface area contributed by atoms with Gasteiger partial charge in [0.25, 0.3) is 10.0 Å². The molecule has 114 valence electrons. The van der Waals surface area contributed by atoms with Gasteiger partial charge in [0.2, 0.25) is 5.28 Å². The first-order valence-corrected chi connectivity index (χ1v) is 7.50. The molecule has 0 radical (unpaired) electrons. The second-order valence-corrected chi connectivity index (χ2v) is 6.20. The van der Waals surface area contributed by atoms with Crippen LogP contribution in [0.15, 0.2) is 23.5 Å². The SMILES string of the molecule is Cn1nccc1C(NS(=O)(=O)c1cnc(Cl)n1C)C(=O)O. The molecule has 2 rings (SSSR count). The molecule has 1 atom stereocenters. The van der Waals surface area contributed by atoms with Crippen molar-refractivity contribution in [1.82, 2.24) is 24.1 Å². The molecule has 2 N–H and O–H groups in total. The molecular formula is C10H12ClN5O4S. The van der Waals surface area contributed by atoms with Crippen LogP contribution in [0.3, 0.4) is 0 Å². The van der Waals surface area contributed by atoms with Crippen LogP contribution < -0.4 is 4.72 Å². The Morgan fingerprint density at radius 2 is 2.14 bits per heavy atom. The third-order valence-corrected chi connectivity index (χ3v) is 4.67. The Kier molecular flexibility index (Phi) is 4.03. The number of halogens is 1. The second kappa shape index (κ2) is 5.47. The lowest BCUT2D eigenvalue weighted by molar-refractivity contribution is -0.139. The summed E-state index contributed by atoms with van der Waals surface area (Å²) in [7, 11) is -1.19. The van der Waals surface area contributed by atoms with E-state index in [4.69, 9.17) is 11.6 Å². The molecule has 0 spiro atoms. The van der Waals surface area contributed by atoms with Gasteiger partial charge in [0.1, 0.15) is 0 Å². The first-order valence-electron chi connectivity index (χ1n) is 5.64. The summed E-state index contributed by atoms with van der Waals surface area (Å²) in [6.07, 6.45) is 2.42. The highest BCUT2D eigenvalue weighted by Gasteiger charge is 2.31. The lowest BCUT2D eigenvalue weighted by Gasteiger charge is -2.15. The fourth-order valence-electron chi connectivity index (χ4n) is 1.74. The zero-order valence-electron chi connectivity index (χ0n) is 11.1. The zero-order chi connectivity index (χ0) is 15.8. The van der Waals surface area contributed by atoms with Gasteiger partial charge >= 0.3 is 5.97 Å². The number of rotatable bonds is 5. The molecule has 0 bridgehead atoms. The monoisotopic (exact) mass is 333 g/mol. The van der Waals surface area contributed by atoms with E-state index in [1.54, 1.807) is 0 Å². The minimum absolute atomic E-state index is 0.0252. The molecular weight excluding hydrogens is 322 g/mol. The summed E-state index contributed by atoms with van der Waals surface area (Å²) in [4.78, 5) is 15.0. The number of hydrogen-bond donors (Lipinski definition) is 2. The van der Waals surface area contributed by atoms with Crippen molar-refractivity contribution < 1.29 is 18.3 Å². The number of carboxylic acids is 1. The Morgan fingerprint density at radius 3 is 2.57 bits per heavy atom. The highest BCUT2D eigenvalue weighted by atomic mass is 35.5. The molecule has 0 aliphatic heterocycles. The molecule has 0 aromatic carbocycles. The van der Waals surface area contributed by atoms with Crippen molar-refractivity contribution in [3.8, 4) is 0 Å². The number of nitrogens with zero attached hydrogens (tertiary/aromatic N) is 4. The summed E-state index contributed by atoms with van der Waals surface area (Å²) < 4.78 is 29.0. The highest BCUT2D eigenvalue weighted by Crippen LogP contribution is 2.19. The zero-order valence-corrected chi connectivity index (χ0v) is 12.6. The Hall–Kier alpha value is -1.91. The van der Waals surface area contributed by atoms with Gasteiger partial charge in [-0.1, -0.05) is 0 Å². The lowest BCUT2D eigenvalue weighted by atomic mass is 10.2. The van der Waals surface area contributed by atoms with Crippen molar-refractivity contribution in [2.75, 3.05) is 0 Å². The minimum Gasteiger partial charge on any atom is -0.480 e. The number of aliphatic carboxylic acids is 1. The maximum atomic E-state index is 12.3.